The third kappa shape index (κ3) is 3.45. The number of aromatic nitrogens is 1. The molecular weight excluding hydrogens is 318 g/mol. The molecule has 2 aliphatic rings. The van der Waals surface area contributed by atoms with Crippen molar-refractivity contribution in [1.29, 1.82) is 0 Å². The molecular formula is C19H23N3O3. The largest absolute Gasteiger partial charge is 0.468 e. The molecule has 0 spiro atoms. The molecule has 6 heteroatoms. The van der Waals surface area contributed by atoms with Crippen LogP contribution >= 0.6 is 0 Å². The number of rotatable bonds is 3. The van der Waals surface area contributed by atoms with Crippen LogP contribution in [0.15, 0.2) is 41.1 Å². The summed E-state index contributed by atoms with van der Waals surface area (Å²) >= 11 is 0. The molecule has 132 valence electrons. The van der Waals surface area contributed by atoms with Crippen LogP contribution in [0.5, 0.6) is 0 Å². The fraction of sp³-hybridized carbons (Fsp3) is 0.474. The zero-order valence-corrected chi connectivity index (χ0v) is 14.4. The highest BCUT2D eigenvalue weighted by atomic mass is 16.5. The molecule has 0 aliphatic carbocycles. The molecule has 2 saturated heterocycles. The molecule has 2 aliphatic heterocycles. The standard InChI is InChI=1S/C19H23N3O3/c1-14-4-5-15(11-20-14)22-8-10-25-18-13-21(7-6-17(18)19(22)23)12-16-3-2-9-24-16/h2-5,9,11,17-18H,6-8,10,12-13H2,1H3/t17-,18+/m0/s1. The fourth-order valence-corrected chi connectivity index (χ4v) is 3.68. The van der Waals surface area contributed by atoms with Crippen molar-refractivity contribution in [3.63, 3.8) is 0 Å². The van der Waals surface area contributed by atoms with Crippen LogP contribution < -0.4 is 4.90 Å². The highest BCUT2D eigenvalue weighted by molar-refractivity contribution is 5.95. The summed E-state index contributed by atoms with van der Waals surface area (Å²) in [6.07, 6.45) is 4.22. The Morgan fingerprint density at radius 2 is 2.20 bits per heavy atom. The SMILES string of the molecule is Cc1ccc(N2CCO[C@@H]3CN(Cc4ccco4)CC[C@@H]3C2=O)cn1. The van der Waals surface area contributed by atoms with E-state index in [1.165, 1.54) is 0 Å². The van der Waals surface area contributed by atoms with Gasteiger partial charge in [-0.1, -0.05) is 0 Å². The summed E-state index contributed by atoms with van der Waals surface area (Å²) in [6, 6.07) is 7.79. The average molecular weight is 341 g/mol. The lowest BCUT2D eigenvalue weighted by atomic mass is 9.92. The van der Waals surface area contributed by atoms with Gasteiger partial charge in [-0.15, -0.1) is 0 Å². The molecule has 0 unspecified atom stereocenters. The number of aryl methyl sites for hydroxylation is 1. The Kier molecular flexibility index (Phi) is 4.55. The first-order valence-corrected chi connectivity index (χ1v) is 8.81. The van der Waals surface area contributed by atoms with Gasteiger partial charge in [0.05, 0.1) is 43.3 Å². The number of furan rings is 1. The Balaban J connectivity index is 1.46. The van der Waals surface area contributed by atoms with E-state index < -0.39 is 0 Å². The molecule has 2 atom stereocenters. The molecule has 2 aromatic rings. The van der Waals surface area contributed by atoms with Crippen molar-refractivity contribution < 1.29 is 13.9 Å². The highest BCUT2D eigenvalue weighted by Crippen LogP contribution is 2.28. The number of likely N-dealkylation sites (tertiary alicyclic amines) is 1. The van der Waals surface area contributed by atoms with Crippen molar-refractivity contribution >= 4 is 11.6 Å². The van der Waals surface area contributed by atoms with Gasteiger partial charge in [0.25, 0.3) is 0 Å². The Labute approximate surface area is 147 Å². The number of hydrogen-bond donors (Lipinski definition) is 0. The van der Waals surface area contributed by atoms with Gasteiger partial charge in [-0.3, -0.25) is 14.7 Å². The number of piperidine rings is 1. The van der Waals surface area contributed by atoms with Gasteiger partial charge < -0.3 is 14.1 Å². The molecule has 0 saturated carbocycles. The molecule has 4 rings (SSSR count). The third-order valence-corrected chi connectivity index (χ3v) is 5.04. The quantitative estimate of drug-likeness (QED) is 0.857. The number of hydrogen-bond acceptors (Lipinski definition) is 5. The van der Waals surface area contributed by atoms with Crippen LogP contribution in [0.2, 0.25) is 0 Å². The lowest BCUT2D eigenvalue weighted by molar-refractivity contribution is -0.128. The lowest BCUT2D eigenvalue weighted by Gasteiger charge is -2.36. The number of amides is 1. The van der Waals surface area contributed by atoms with E-state index in [2.05, 4.69) is 9.88 Å². The number of carbonyl (C=O) groups is 1. The van der Waals surface area contributed by atoms with Crippen molar-refractivity contribution in [2.75, 3.05) is 31.1 Å². The number of carbonyl (C=O) groups excluding carboxylic acids is 1. The molecule has 25 heavy (non-hydrogen) atoms. The van der Waals surface area contributed by atoms with Crippen LogP contribution in [0, 0.1) is 12.8 Å². The summed E-state index contributed by atoms with van der Waals surface area (Å²) in [4.78, 5) is 21.5. The van der Waals surface area contributed by atoms with Crippen LogP contribution in [-0.2, 0) is 16.1 Å². The number of nitrogens with zero attached hydrogens (tertiary/aromatic N) is 3. The molecule has 0 N–H and O–H groups in total. The van der Waals surface area contributed by atoms with E-state index in [1.54, 1.807) is 12.5 Å². The molecule has 2 fully saturated rings. The van der Waals surface area contributed by atoms with Crippen LogP contribution in [0.4, 0.5) is 5.69 Å². The van der Waals surface area contributed by atoms with Gasteiger partial charge in [0.2, 0.25) is 5.91 Å². The lowest BCUT2D eigenvalue weighted by Crippen LogP contribution is -2.49. The topological polar surface area (TPSA) is 58.8 Å². The van der Waals surface area contributed by atoms with E-state index in [1.807, 2.05) is 36.1 Å². The molecule has 1 amide bonds. The van der Waals surface area contributed by atoms with Crippen molar-refractivity contribution in [1.82, 2.24) is 9.88 Å². The van der Waals surface area contributed by atoms with Gasteiger partial charge >= 0.3 is 0 Å². The van der Waals surface area contributed by atoms with Crippen molar-refractivity contribution in [3.8, 4) is 0 Å². The highest BCUT2D eigenvalue weighted by Gasteiger charge is 2.39. The Morgan fingerprint density at radius 3 is 2.96 bits per heavy atom. The first-order chi connectivity index (χ1) is 12.2. The third-order valence-electron chi connectivity index (χ3n) is 5.04. The van der Waals surface area contributed by atoms with Gasteiger partial charge in [0.1, 0.15) is 5.76 Å². The zero-order valence-electron chi connectivity index (χ0n) is 14.4. The fourth-order valence-electron chi connectivity index (χ4n) is 3.68. The first-order valence-electron chi connectivity index (χ1n) is 8.81. The van der Waals surface area contributed by atoms with E-state index >= 15 is 0 Å². The van der Waals surface area contributed by atoms with Gasteiger partial charge in [0.15, 0.2) is 0 Å². The number of ether oxygens (including phenoxy) is 1. The maximum absolute atomic E-state index is 13.1. The second kappa shape index (κ2) is 6.98. The number of anilines is 1. The smallest absolute Gasteiger partial charge is 0.232 e. The van der Waals surface area contributed by atoms with Crippen molar-refractivity contribution in [2.24, 2.45) is 5.92 Å². The summed E-state index contributed by atoms with van der Waals surface area (Å²) in [5.74, 6) is 1.02. The minimum atomic E-state index is -0.0864. The number of fused-ring (bicyclic) bond motifs is 1. The molecule has 0 radical (unpaired) electrons. The predicted octanol–water partition coefficient (Wildman–Crippen LogP) is 2.24. The average Bonchev–Trinajstić information content (AvgIpc) is 3.07. The van der Waals surface area contributed by atoms with Crippen molar-refractivity contribution in [2.45, 2.75) is 26.0 Å². The van der Waals surface area contributed by atoms with E-state index in [-0.39, 0.29) is 17.9 Å². The maximum Gasteiger partial charge on any atom is 0.232 e. The minimum absolute atomic E-state index is 0.0559. The number of pyridine rings is 1. The monoisotopic (exact) mass is 341 g/mol. The predicted molar refractivity (Wildman–Crippen MR) is 93.2 cm³/mol. The van der Waals surface area contributed by atoms with Crippen LogP contribution in [-0.4, -0.2) is 48.1 Å². The normalized spacial score (nSPS) is 24.8. The second-order valence-electron chi connectivity index (χ2n) is 6.77. The summed E-state index contributed by atoms with van der Waals surface area (Å²) < 4.78 is 11.5. The second-order valence-corrected chi connectivity index (χ2v) is 6.77. The van der Waals surface area contributed by atoms with Gasteiger partial charge in [0, 0.05) is 18.8 Å². The van der Waals surface area contributed by atoms with Gasteiger partial charge in [-0.2, -0.15) is 0 Å². The van der Waals surface area contributed by atoms with E-state index in [4.69, 9.17) is 9.15 Å². The summed E-state index contributed by atoms with van der Waals surface area (Å²) in [7, 11) is 0. The van der Waals surface area contributed by atoms with E-state index in [0.717, 1.165) is 43.2 Å². The maximum atomic E-state index is 13.1. The molecule has 0 aromatic carbocycles. The molecule has 2 aromatic heterocycles. The van der Waals surface area contributed by atoms with Gasteiger partial charge in [-0.05, 0) is 44.2 Å². The van der Waals surface area contributed by atoms with Gasteiger partial charge in [-0.25, -0.2) is 0 Å². The Morgan fingerprint density at radius 1 is 1.28 bits per heavy atom. The van der Waals surface area contributed by atoms with E-state index in [0.29, 0.717) is 13.2 Å². The van der Waals surface area contributed by atoms with Crippen molar-refractivity contribution in [3.05, 3.63) is 48.2 Å². The summed E-state index contributed by atoms with van der Waals surface area (Å²) in [5, 5.41) is 0. The summed E-state index contributed by atoms with van der Waals surface area (Å²) in [6.45, 7) is 5.47. The first kappa shape index (κ1) is 16.3. The van der Waals surface area contributed by atoms with Crippen LogP contribution in [0.1, 0.15) is 17.9 Å². The Bertz CT molecular complexity index is 714. The molecule has 0 bridgehead atoms. The van der Waals surface area contributed by atoms with E-state index in [9.17, 15) is 4.79 Å². The van der Waals surface area contributed by atoms with Crippen LogP contribution in [0.3, 0.4) is 0 Å². The minimum Gasteiger partial charge on any atom is -0.468 e. The Hall–Kier alpha value is -2.18. The summed E-state index contributed by atoms with van der Waals surface area (Å²) in [5.41, 5.74) is 1.81. The zero-order chi connectivity index (χ0) is 17.2. The van der Waals surface area contributed by atoms with Crippen LogP contribution in [0.25, 0.3) is 0 Å². The molecule has 6 nitrogen and oxygen atoms in total. The molecule has 4 heterocycles.